The van der Waals surface area contributed by atoms with Crippen LogP contribution in [0.5, 0.6) is 0 Å². The van der Waals surface area contributed by atoms with Gasteiger partial charge in [-0.25, -0.2) is 0 Å². The van der Waals surface area contributed by atoms with Crippen molar-refractivity contribution in [3.63, 3.8) is 0 Å². The molecule has 0 amide bonds. The van der Waals surface area contributed by atoms with Crippen molar-refractivity contribution in [1.82, 2.24) is 10.2 Å². The van der Waals surface area contributed by atoms with Crippen LogP contribution in [-0.4, -0.2) is 37.3 Å². The lowest BCUT2D eigenvalue weighted by Gasteiger charge is -2.35. The maximum atomic E-state index is 12.6. The highest BCUT2D eigenvalue weighted by molar-refractivity contribution is 6.31. The third-order valence-electron chi connectivity index (χ3n) is 3.87. The van der Waals surface area contributed by atoms with Crippen molar-refractivity contribution in [2.75, 3.05) is 26.2 Å². The topological polar surface area (TPSA) is 15.3 Å². The molecule has 1 aromatic rings. The minimum atomic E-state index is -4.12. The van der Waals surface area contributed by atoms with E-state index in [9.17, 15) is 13.2 Å². The summed E-state index contributed by atoms with van der Waals surface area (Å²) in [5.74, 6) is 0. The van der Waals surface area contributed by atoms with Crippen LogP contribution in [0.25, 0.3) is 0 Å². The van der Waals surface area contributed by atoms with E-state index in [4.69, 9.17) is 11.6 Å². The van der Waals surface area contributed by atoms with E-state index < -0.39 is 12.6 Å². The Morgan fingerprint density at radius 2 is 1.95 bits per heavy atom. The standard InChI is InChI=1S/C15H20ClF3N2/c1-11-2-3-12(10-13(11)16)14(4-5-15(17,18)19)21-8-6-20-7-9-21/h2-3,10,14,20H,4-9H2,1H3/t14-/m0/s1. The van der Waals surface area contributed by atoms with Gasteiger partial charge in [0.15, 0.2) is 0 Å². The van der Waals surface area contributed by atoms with Gasteiger partial charge in [-0.05, 0) is 30.5 Å². The first-order valence-corrected chi connectivity index (χ1v) is 7.52. The lowest BCUT2D eigenvalue weighted by Crippen LogP contribution is -2.45. The molecule has 2 rings (SSSR count). The molecule has 2 nitrogen and oxygen atoms in total. The molecule has 0 saturated carbocycles. The molecule has 1 heterocycles. The monoisotopic (exact) mass is 320 g/mol. The van der Waals surface area contributed by atoms with Gasteiger partial charge in [0.25, 0.3) is 0 Å². The predicted molar refractivity (Wildman–Crippen MR) is 78.7 cm³/mol. The Balaban J connectivity index is 2.18. The Labute approximate surface area is 128 Å². The molecule has 0 aliphatic carbocycles. The first-order valence-electron chi connectivity index (χ1n) is 7.14. The smallest absolute Gasteiger partial charge is 0.314 e. The van der Waals surface area contributed by atoms with Gasteiger partial charge in [-0.3, -0.25) is 4.90 Å². The zero-order valence-electron chi connectivity index (χ0n) is 12.0. The summed E-state index contributed by atoms with van der Waals surface area (Å²) in [6, 6.07) is 5.34. The van der Waals surface area contributed by atoms with E-state index in [1.54, 1.807) is 6.07 Å². The van der Waals surface area contributed by atoms with Gasteiger partial charge in [0.05, 0.1) is 0 Å². The molecule has 1 aromatic carbocycles. The number of aryl methyl sites for hydroxylation is 1. The third-order valence-corrected chi connectivity index (χ3v) is 4.28. The van der Waals surface area contributed by atoms with Gasteiger partial charge in [0.2, 0.25) is 0 Å². The third kappa shape index (κ3) is 4.87. The van der Waals surface area contributed by atoms with Gasteiger partial charge in [0, 0.05) is 43.7 Å². The summed E-state index contributed by atoms with van der Waals surface area (Å²) >= 11 is 6.13. The number of piperazine rings is 1. The number of rotatable bonds is 4. The van der Waals surface area contributed by atoms with Crippen molar-refractivity contribution in [1.29, 1.82) is 0 Å². The van der Waals surface area contributed by atoms with Gasteiger partial charge >= 0.3 is 6.18 Å². The second kappa shape index (κ2) is 6.99. The lowest BCUT2D eigenvalue weighted by molar-refractivity contribution is -0.138. The Morgan fingerprint density at radius 1 is 1.29 bits per heavy atom. The van der Waals surface area contributed by atoms with E-state index in [1.807, 2.05) is 19.1 Å². The summed E-state index contributed by atoms with van der Waals surface area (Å²) in [4.78, 5) is 2.11. The summed E-state index contributed by atoms with van der Waals surface area (Å²) < 4.78 is 37.8. The molecule has 1 fully saturated rings. The van der Waals surface area contributed by atoms with E-state index >= 15 is 0 Å². The molecule has 1 aliphatic rings. The van der Waals surface area contributed by atoms with Gasteiger partial charge < -0.3 is 5.32 Å². The first-order chi connectivity index (χ1) is 9.87. The molecular weight excluding hydrogens is 301 g/mol. The first kappa shape index (κ1) is 16.6. The second-order valence-electron chi connectivity index (χ2n) is 5.46. The quantitative estimate of drug-likeness (QED) is 0.904. The Hall–Kier alpha value is -0.780. The van der Waals surface area contributed by atoms with Gasteiger partial charge in [-0.1, -0.05) is 23.7 Å². The highest BCUT2D eigenvalue weighted by Gasteiger charge is 2.31. The van der Waals surface area contributed by atoms with Gasteiger partial charge in [-0.15, -0.1) is 0 Å². The molecular formula is C15H20ClF3N2. The zero-order chi connectivity index (χ0) is 15.5. The Morgan fingerprint density at radius 3 is 2.52 bits per heavy atom. The Bertz CT molecular complexity index is 470. The minimum Gasteiger partial charge on any atom is -0.314 e. The number of hydrogen-bond donors (Lipinski definition) is 1. The van der Waals surface area contributed by atoms with Crippen LogP contribution >= 0.6 is 11.6 Å². The molecule has 0 spiro atoms. The molecule has 0 unspecified atom stereocenters. The maximum absolute atomic E-state index is 12.6. The number of hydrogen-bond acceptors (Lipinski definition) is 2. The molecule has 6 heteroatoms. The number of benzene rings is 1. The fraction of sp³-hybridized carbons (Fsp3) is 0.600. The number of nitrogens with one attached hydrogen (secondary N) is 1. The highest BCUT2D eigenvalue weighted by Crippen LogP contribution is 2.33. The van der Waals surface area contributed by atoms with Crippen LogP contribution in [0.4, 0.5) is 13.2 Å². The van der Waals surface area contributed by atoms with Crippen molar-refractivity contribution >= 4 is 11.6 Å². The molecule has 1 aliphatic heterocycles. The minimum absolute atomic E-state index is 0.0723. The van der Waals surface area contributed by atoms with Crippen molar-refractivity contribution in [2.24, 2.45) is 0 Å². The molecule has 21 heavy (non-hydrogen) atoms. The molecule has 118 valence electrons. The molecule has 0 radical (unpaired) electrons. The summed E-state index contributed by atoms with van der Waals surface area (Å²) in [5.41, 5.74) is 1.81. The number of nitrogens with zero attached hydrogens (tertiary/aromatic N) is 1. The molecule has 0 aromatic heterocycles. The predicted octanol–water partition coefficient (Wildman–Crippen LogP) is 3.94. The van der Waals surface area contributed by atoms with Crippen molar-refractivity contribution in [2.45, 2.75) is 32.0 Å². The van der Waals surface area contributed by atoms with Crippen LogP contribution in [0.1, 0.15) is 30.0 Å². The normalized spacial score (nSPS) is 18.7. The van der Waals surface area contributed by atoms with Gasteiger partial charge in [-0.2, -0.15) is 13.2 Å². The fourth-order valence-electron chi connectivity index (χ4n) is 2.67. The second-order valence-corrected chi connectivity index (χ2v) is 5.87. The fourth-order valence-corrected chi connectivity index (χ4v) is 2.86. The summed E-state index contributed by atoms with van der Waals surface area (Å²) in [7, 11) is 0. The average molecular weight is 321 g/mol. The summed E-state index contributed by atoms with van der Waals surface area (Å²) in [5, 5.41) is 3.83. The lowest BCUT2D eigenvalue weighted by atomic mass is 9.98. The molecule has 1 atom stereocenters. The largest absolute Gasteiger partial charge is 0.389 e. The Kier molecular flexibility index (Phi) is 5.52. The number of halogens is 4. The zero-order valence-corrected chi connectivity index (χ0v) is 12.8. The highest BCUT2D eigenvalue weighted by atomic mass is 35.5. The van der Waals surface area contributed by atoms with Crippen LogP contribution in [0.15, 0.2) is 18.2 Å². The summed E-state index contributed by atoms with van der Waals surface area (Å²) in [6.07, 6.45) is -4.82. The van der Waals surface area contributed by atoms with Gasteiger partial charge in [0.1, 0.15) is 0 Å². The van der Waals surface area contributed by atoms with Crippen LogP contribution in [0.3, 0.4) is 0 Å². The SMILES string of the molecule is Cc1ccc([C@H](CCC(F)(F)F)N2CCNCC2)cc1Cl. The maximum Gasteiger partial charge on any atom is 0.389 e. The molecule has 0 bridgehead atoms. The van der Waals surface area contributed by atoms with E-state index in [0.717, 1.165) is 37.3 Å². The van der Waals surface area contributed by atoms with Crippen LogP contribution in [0.2, 0.25) is 5.02 Å². The van der Waals surface area contributed by atoms with Crippen LogP contribution < -0.4 is 5.32 Å². The summed E-state index contributed by atoms with van der Waals surface area (Å²) in [6.45, 7) is 5.02. The molecule has 1 saturated heterocycles. The van der Waals surface area contributed by atoms with Crippen LogP contribution in [-0.2, 0) is 0 Å². The van der Waals surface area contributed by atoms with Crippen molar-refractivity contribution < 1.29 is 13.2 Å². The van der Waals surface area contributed by atoms with E-state index in [0.29, 0.717) is 5.02 Å². The van der Waals surface area contributed by atoms with Crippen molar-refractivity contribution in [3.05, 3.63) is 34.3 Å². The van der Waals surface area contributed by atoms with E-state index in [2.05, 4.69) is 10.2 Å². The van der Waals surface area contributed by atoms with E-state index in [-0.39, 0.29) is 12.5 Å². The molecule has 1 N–H and O–H groups in total. The van der Waals surface area contributed by atoms with E-state index in [1.165, 1.54) is 0 Å². The number of alkyl halides is 3. The van der Waals surface area contributed by atoms with Crippen molar-refractivity contribution in [3.8, 4) is 0 Å². The average Bonchev–Trinajstić information content (AvgIpc) is 2.43. The van der Waals surface area contributed by atoms with Crippen LogP contribution in [0, 0.1) is 6.92 Å².